The maximum Gasteiger partial charge on any atom is 0.298 e. The number of hydrogen-bond donors (Lipinski definition) is 0. The number of halogens is 2. The van der Waals surface area contributed by atoms with Crippen molar-refractivity contribution in [2.45, 2.75) is 24.8 Å². The first-order valence-corrected chi connectivity index (χ1v) is 12.7. The Kier molecular flexibility index (Phi) is 5.37. The zero-order valence-electron chi connectivity index (χ0n) is 17.6. The number of aryl methyl sites for hydroxylation is 2. The van der Waals surface area contributed by atoms with Crippen LogP contribution in [0.2, 0.25) is 0 Å². The van der Waals surface area contributed by atoms with Crippen molar-refractivity contribution in [2.75, 3.05) is 9.34 Å². The highest BCUT2D eigenvalue weighted by molar-refractivity contribution is 7.75. The fourth-order valence-electron chi connectivity index (χ4n) is 4.15. The minimum absolute atomic E-state index is 0.551. The largest absolute Gasteiger partial charge is 0.298 e. The van der Waals surface area contributed by atoms with E-state index in [1.807, 2.05) is 80.6 Å². The predicted octanol–water partition coefficient (Wildman–Crippen LogP) is 6.11. The molecule has 0 aliphatic carbocycles. The molecule has 3 aromatic rings. The Morgan fingerprint density at radius 3 is 1.91 bits per heavy atom. The average molecular weight is 483 g/mol. The van der Waals surface area contributed by atoms with E-state index in [9.17, 15) is 0 Å². The Morgan fingerprint density at radius 2 is 1.38 bits per heavy atom. The van der Waals surface area contributed by atoms with Gasteiger partial charge in [0.1, 0.15) is 22.6 Å². The van der Waals surface area contributed by atoms with Crippen LogP contribution in [0, 0.1) is 13.8 Å². The molecule has 32 heavy (non-hydrogen) atoms. The molecule has 5 rings (SSSR count). The minimum atomic E-state index is -3.69. The summed E-state index contributed by atoms with van der Waals surface area (Å²) in [6.07, 6.45) is 10.8. The van der Waals surface area contributed by atoms with Gasteiger partial charge >= 0.3 is 0 Å². The molecule has 0 amide bonds. The van der Waals surface area contributed by atoms with Gasteiger partial charge < -0.3 is 0 Å². The number of anilines is 2. The third kappa shape index (κ3) is 3.27. The van der Waals surface area contributed by atoms with Crippen LogP contribution in [-0.2, 0) is 4.57 Å². The van der Waals surface area contributed by atoms with Gasteiger partial charge in [-0.2, -0.15) is 0 Å². The highest BCUT2D eigenvalue weighted by Gasteiger charge is 2.49. The average Bonchev–Trinajstić information content (AvgIpc) is 2.80. The number of benzene rings is 1. The van der Waals surface area contributed by atoms with Crippen molar-refractivity contribution in [3.63, 3.8) is 0 Å². The molecule has 2 aliphatic rings. The molecule has 2 unspecified atom stereocenters. The van der Waals surface area contributed by atoms with Gasteiger partial charge in [0.15, 0.2) is 0 Å². The molecule has 1 aromatic carbocycles. The van der Waals surface area contributed by atoms with Crippen molar-refractivity contribution in [3.8, 4) is 0 Å². The van der Waals surface area contributed by atoms with Crippen LogP contribution in [0.3, 0.4) is 0 Å². The van der Waals surface area contributed by atoms with Crippen LogP contribution in [0.1, 0.15) is 22.3 Å². The maximum atomic E-state index is 15.6. The summed E-state index contributed by atoms with van der Waals surface area (Å²) < 4.78 is 19.0. The molecule has 0 bridgehead atoms. The van der Waals surface area contributed by atoms with E-state index < -0.39 is 18.4 Å². The standard InChI is InChI=1S/C24H21Cl2N4OP/c1-16-7-8-17(2)20(15-16)32(31,29-21(25)11-9-18-5-3-13-27-23(18)29)30-22(26)12-10-19-6-4-14-28-24(19)30/h3-15,21-22H,1-2H3. The van der Waals surface area contributed by atoms with Crippen molar-refractivity contribution < 1.29 is 4.57 Å². The monoisotopic (exact) mass is 482 g/mol. The fraction of sp³-hybridized carbons (Fsp3) is 0.167. The number of hydrogen-bond acceptors (Lipinski definition) is 3. The summed E-state index contributed by atoms with van der Waals surface area (Å²) in [5.41, 5.74) is 2.18. The highest BCUT2D eigenvalue weighted by atomic mass is 35.5. The van der Waals surface area contributed by atoms with E-state index in [-0.39, 0.29) is 0 Å². The summed E-state index contributed by atoms with van der Waals surface area (Å²) in [6, 6.07) is 13.5. The Morgan fingerprint density at radius 1 is 0.844 bits per heavy atom. The number of rotatable bonds is 3. The Labute approximate surface area is 197 Å². The molecule has 0 saturated heterocycles. The summed E-state index contributed by atoms with van der Waals surface area (Å²) in [5.74, 6) is 1.10. The second-order valence-corrected chi connectivity index (χ2v) is 11.1. The van der Waals surface area contributed by atoms with E-state index in [0.717, 1.165) is 22.3 Å². The van der Waals surface area contributed by atoms with Crippen molar-refractivity contribution >= 4 is 59.7 Å². The second-order valence-electron chi connectivity index (χ2n) is 7.82. The molecule has 4 heterocycles. The molecular formula is C24H21Cl2N4OP. The van der Waals surface area contributed by atoms with E-state index in [2.05, 4.69) is 9.97 Å². The summed E-state index contributed by atoms with van der Waals surface area (Å²) in [6.45, 7) is 3.93. The van der Waals surface area contributed by atoms with E-state index in [4.69, 9.17) is 23.2 Å². The zero-order chi connectivity index (χ0) is 22.5. The number of aromatic nitrogens is 2. The number of pyridine rings is 2. The van der Waals surface area contributed by atoms with Crippen LogP contribution < -0.4 is 14.6 Å². The normalized spacial score (nSPS) is 21.1. The predicted molar refractivity (Wildman–Crippen MR) is 134 cm³/mol. The lowest BCUT2D eigenvalue weighted by Crippen LogP contribution is -2.45. The van der Waals surface area contributed by atoms with Gasteiger partial charge in [-0.3, -0.25) is 13.9 Å². The summed E-state index contributed by atoms with van der Waals surface area (Å²) in [5, 5.41) is 0.660. The molecular weight excluding hydrogens is 462 g/mol. The number of alkyl halides is 2. The van der Waals surface area contributed by atoms with Gasteiger partial charge in [0.05, 0.1) is 5.30 Å². The van der Waals surface area contributed by atoms with Crippen LogP contribution in [0.4, 0.5) is 11.6 Å². The van der Waals surface area contributed by atoms with E-state index in [1.165, 1.54) is 0 Å². The van der Waals surface area contributed by atoms with Crippen molar-refractivity contribution in [1.29, 1.82) is 0 Å². The fourth-order valence-corrected chi connectivity index (χ4v) is 8.37. The first-order valence-electron chi connectivity index (χ1n) is 10.2. The van der Waals surface area contributed by atoms with Crippen LogP contribution in [0.25, 0.3) is 12.2 Å². The van der Waals surface area contributed by atoms with Crippen molar-refractivity contribution in [1.82, 2.24) is 9.97 Å². The molecule has 2 aromatic heterocycles. The maximum absolute atomic E-state index is 15.6. The third-order valence-electron chi connectivity index (χ3n) is 5.67. The molecule has 0 spiro atoms. The molecule has 8 heteroatoms. The van der Waals surface area contributed by atoms with Crippen LogP contribution in [0.15, 0.2) is 67.0 Å². The topological polar surface area (TPSA) is 49.3 Å². The van der Waals surface area contributed by atoms with Gasteiger partial charge in [-0.15, -0.1) is 0 Å². The molecule has 0 radical (unpaired) electrons. The summed E-state index contributed by atoms with van der Waals surface area (Å²) >= 11 is 13.7. The molecule has 2 aliphatic heterocycles. The summed E-state index contributed by atoms with van der Waals surface area (Å²) in [4.78, 5) is 9.16. The Hall–Kier alpha value is -2.59. The molecule has 162 valence electrons. The van der Waals surface area contributed by atoms with Gasteiger partial charge in [-0.25, -0.2) is 9.97 Å². The lowest BCUT2D eigenvalue weighted by atomic mass is 10.2. The lowest BCUT2D eigenvalue weighted by molar-refractivity contribution is 0.573. The highest BCUT2D eigenvalue weighted by Crippen LogP contribution is 2.61. The first-order chi connectivity index (χ1) is 15.4. The quantitative estimate of drug-likeness (QED) is 0.256. The Balaban J connectivity index is 1.85. The van der Waals surface area contributed by atoms with Gasteiger partial charge in [0.2, 0.25) is 0 Å². The van der Waals surface area contributed by atoms with E-state index in [0.29, 0.717) is 16.9 Å². The molecule has 0 N–H and O–H groups in total. The first kappa shape index (κ1) is 21.3. The van der Waals surface area contributed by atoms with E-state index in [1.54, 1.807) is 21.7 Å². The summed E-state index contributed by atoms with van der Waals surface area (Å²) in [7, 11) is -3.69. The van der Waals surface area contributed by atoms with Gasteiger partial charge in [0, 0.05) is 23.5 Å². The van der Waals surface area contributed by atoms with E-state index >= 15 is 4.57 Å². The molecule has 5 nitrogen and oxygen atoms in total. The molecule has 0 saturated carbocycles. The molecule has 2 atom stereocenters. The molecule has 0 fully saturated rings. The minimum Gasteiger partial charge on any atom is -0.270 e. The van der Waals surface area contributed by atoms with Gasteiger partial charge in [0.25, 0.3) is 7.44 Å². The van der Waals surface area contributed by atoms with Crippen LogP contribution in [-0.4, -0.2) is 21.0 Å². The third-order valence-corrected chi connectivity index (χ3v) is 9.77. The van der Waals surface area contributed by atoms with Crippen LogP contribution in [0.5, 0.6) is 0 Å². The van der Waals surface area contributed by atoms with Gasteiger partial charge in [-0.05, 0) is 61.9 Å². The number of nitrogens with zero attached hydrogens (tertiary/aromatic N) is 4. The van der Waals surface area contributed by atoms with Crippen molar-refractivity contribution in [2.24, 2.45) is 0 Å². The lowest BCUT2D eigenvalue weighted by Gasteiger charge is -2.46. The zero-order valence-corrected chi connectivity index (χ0v) is 20.0. The van der Waals surface area contributed by atoms with Gasteiger partial charge in [-0.1, -0.05) is 53.1 Å². The number of fused-ring (bicyclic) bond motifs is 2. The van der Waals surface area contributed by atoms with Crippen molar-refractivity contribution in [3.05, 3.63) is 89.3 Å². The smallest absolute Gasteiger partial charge is 0.270 e. The second kappa shape index (κ2) is 8.08. The SMILES string of the molecule is Cc1ccc(C)c(P(=O)(N2c3ncccc3C=CC2Cl)N2c3ncccc3C=CC2Cl)c1. The van der Waals surface area contributed by atoms with Crippen LogP contribution >= 0.6 is 30.6 Å². The Bertz CT molecular complexity index is 1240.